The van der Waals surface area contributed by atoms with Gasteiger partial charge in [-0.3, -0.25) is 4.79 Å². The Morgan fingerprint density at radius 1 is 1.44 bits per heavy atom. The zero-order valence-electron chi connectivity index (χ0n) is 10.5. The van der Waals surface area contributed by atoms with Crippen LogP contribution in [0.15, 0.2) is 18.5 Å². The van der Waals surface area contributed by atoms with E-state index in [0.717, 1.165) is 30.0 Å². The van der Waals surface area contributed by atoms with Gasteiger partial charge in [0.1, 0.15) is 17.1 Å². The SMILES string of the molecule is COc1cc2ncc(C)n2cc1N1CCCC1=O. The van der Waals surface area contributed by atoms with Gasteiger partial charge in [0.15, 0.2) is 0 Å². The smallest absolute Gasteiger partial charge is 0.227 e. The standard InChI is InChI=1S/C13H15N3O2/c1-9-7-14-12-6-11(18-2)10(8-16(9)12)15-5-3-4-13(15)17/h6-8H,3-5H2,1-2H3. The van der Waals surface area contributed by atoms with E-state index in [-0.39, 0.29) is 5.91 Å². The highest BCUT2D eigenvalue weighted by Crippen LogP contribution is 2.32. The molecule has 5 nitrogen and oxygen atoms in total. The Kier molecular flexibility index (Phi) is 2.47. The molecule has 0 atom stereocenters. The Morgan fingerprint density at radius 2 is 2.28 bits per heavy atom. The summed E-state index contributed by atoms with van der Waals surface area (Å²) in [6.07, 6.45) is 5.26. The summed E-state index contributed by atoms with van der Waals surface area (Å²) in [5.74, 6) is 0.855. The lowest BCUT2D eigenvalue weighted by molar-refractivity contribution is -0.117. The van der Waals surface area contributed by atoms with Crippen molar-refractivity contribution < 1.29 is 9.53 Å². The monoisotopic (exact) mass is 245 g/mol. The molecule has 2 aromatic heterocycles. The third kappa shape index (κ3) is 1.54. The fourth-order valence-corrected chi connectivity index (χ4v) is 2.39. The minimum Gasteiger partial charge on any atom is -0.494 e. The van der Waals surface area contributed by atoms with E-state index in [9.17, 15) is 4.79 Å². The molecule has 3 rings (SSSR count). The molecule has 0 aromatic carbocycles. The average molecular weight is 245 g/mol. The first-order valence-electron chi connectivity index (χ1n) is 6.03. The quantitative estimate of drug-likeness (QED) is 0.810. The Bertz CT molecular complexity index is 618. The van der Waals surface area contributed by atoms with Crippen LogP contribution in [0.2, 0.25) is 0 Å². The highest BCUT2D eigenvalue weighted by Gasteiger charge is 2.25. The lowest BCUT2D eigenvalue weighted by Crippen LogP contribution is -2.24. The average Bonchev–Trinajstić information content (AvgIpc) is 2.95. The second-order valence-electron chi connectivity index (χ2n) is 4.50. The maximum absolute atomic E-state index is 11.8. The second kappa shape index (κ2) is 4.01. The molecule has 1 aliphatic rings. The Labute approximate surface area is 105 Å². The normalized spacial score (nSPS) is 15.7. The first-order chi connectivity index (χ1) is 8.70. The second-order valence-corrected chi connectivity index (χ2v) is 4.50. The molecular formula is C13H15N3O2. The van der Waals surface area contributed by atoms with Crippen LogP contribution in [0.5, 0.6) is 5.75 Å². The Hall–Kier alpha value is -2.04. The molecule has 1 amide bonds. The van der Waals surface area contributed by atoms with E-state index in [4.69, 9.17) is 4.74 Å². The van der Waals surface area contributed by atoms with Gasteiger partial charge in [0.2, 0.25) is 5.91 Å². The zero-order valence-corrected chi connectivity index (χ0v) is 10.5. The molecule has 94 valence electrons. The molecule has 5 heteroatoms. The lowest BCUT2D eigenvalue weighted by Gasteiger charge is -2.19. The van der Waals surface area contributed by atoms with Crippen molar-refractivity contribution in [2.75, 3.05) is 18.6 Å². The van der Waals surface area contributed by atoms with E-state index in [1.807, 2.05) is 29.8 Å². The van der Waals surface area contributed by atoms with Crippen LogP contribution in [-0.4, -0.2) is 28.9 Å². The molecule has 1 aliphatic heterocycles. The molecular weight excluding hydrogens is 230 g/mol. The van der Waals surface area contributed by atoms with Gasteiger partial charge in [0.25, 0.3) is 0 Å². The molecule has 1 saturated heterocycles. The number of carbonyl (C=O) groups is 1. The van der Waals surface area contributed by atoms with Crippen LogP contribution in [0.3, 0.4) is 0 Å². The van der Waals surface area contributed by atoms with Crippen molar-refractivity contribution in [2.45, 2.75) is 19.8 Å². The van der Waals surface area contributed by atoms with Crippen molar-refractivity contribution >= 4 is 17.2 Å². The van der Waals surface area contributed by atoms with Gasteiger partial charge in [0, 0.05) is 37.1 Å². The van der Waals surface area contributed by atoms with E-state index in [1.165, 1.54) is 0 Å². The highest BCUT2D eigenvalue weighted by atomic mass is 16.5. The molecule has 0 aliphatic carbocycles. The molecule has 0 N–H and O–H groups in total. The number of rotatable bonds is 2. The van der Waals surface area contributed by atoms with Crippen LogP contribution < -0.4 is 9.64 Å². The fourth-order valence-electron chi connectivity index (χ4n) is 2.39. The Balaban J connectivity index is 2.19. The van der Waals surface area contributed by atoms with Gasteiger partial charge < -0.3 is 14.0 Å². The van der Waals surface area contributed by atoms with Crippen LogP contribution in [0.4, 0.5) is 5.69 Å². The number of anilines is 1. The Morgan fingerprint density at radius 3 is 2.94 bits per heavy atom. The van der Waals surface area contributed by atoms with E-state index in [0.29, 0.717) is 12.2 Å². The van der Waals surface area contributed by atoms with E-state index < -0.39 is 0 Å². The predicted octanol–water partition coefficient (Wildman–Crippen LogP) is 1.78. The van der Waals surface area contributed by atoms with Crippen molar-refractivity contribution in [3.05, 3.63) is 24.2 Å². The summed E-state index contributed by atoms with van der Waals surface area (Å²) in [7, 11) is 1.62. The van der Waals surface area contributed by atoms with E-state index in [1.54, 1.807) is 12.0 Å². The minimum absolute atomic E-state index is 0.158. The first-order valence-corrected chi connectivity index (χ1v) is 6.03. The number of pyridine rings is 1. The van der Waals surface area contributed by atoms with Gasteiger partial charge in [0.05, 0.1) is 7.11 Å². The van der Waals surface area contributed by atoms with Crippen LogP contribution >= 0.6 is 0 Å². The summed E-state index contributed by atoms with van der Waals surface area (Å²) in [5.41, 5.74) is 2.70. The number of carbonyl (C=O) groups excluding carboxylic acids is 1. The molecule has 2 aromatic rings. The molecule has 1 fully saturated rings. The number of aryl methyl sites for hydroxylation is 1. The van der Waals surface area contributed by atoms with Gasteiger partial charge in [-0.1, -0.05) is 0 Å². The highest BCUT2D eigenvalue weighted by molar-refractivity contribution is 5.96. The van der Waals surface area contributed by atoms with Crippen LogP contribution in [-0.2, 0) is 4.79 Å². The van der Waals surface area contributed by atoms with E-state index in [2.05, 4.69) is 4.98 Å². The number of aromatic nitrogens is 2. The summed E-state index contributed by atoms with van der Waals surface area (Å²) < 4.78 is 7.35. The number of hydrogen-bond acceptors (Lipinski definition) is 3. The van der Waals surface area contributed by atoms with Crippen molar-refractivity contribution in [3.63, 3.8) is 0 Å². The summed E-state index contributed by atoms with van der Waals surface area (Å²) in [4.78, 5) is 17.9. The third-order valence-corrected chi connectivity index (χ3v) is 3.36. The third-order valence-electron chi connectivity index (χ3n) is 3.36. The van der Waals surface area contributed by atoms with Gasteiger partial charge in [-0.05, 0) is 13.3 Å². The van der Waals surface area contributed by atoms with Crippen molar-refractivity contribution in [3.8, 4) is 5.75 Å². The molecule has 0 unspecified atom stereocenters. The van der Waals surface area contributed by atoms with Crippen LogP contribution in [0.1, 0.15) is 18.5 Å². The molecule has 0 bridgehead atoms. The van der Waals surface area contributed by atoms with E-state index >= 15 is 0 Å². The largest absolute Gasteiger partial charge is 0.494 e. The van der Waals surface area contributed by atoms with Crippen molar-refractivity contribution in [2.24, 2.45) is 0 Å². The van der Waals surface area contributed by atoms with Gasteiger partial charge in [-0.15, -0.1) is 0 Å². The van der Waals surface area contributed by atoms with Crippen LogP contribution in [0.25, 0.3) is 5.65 Å². The van der Waals surface area contributed by atoms with Gasteiger partial charge >= 0.3 is 0 Å². The molecule has 0 spiro atoms. The van der Waals surface area contributed by atoms with Crippen molar-refractivity contribution in [1.29, 1.82) is 0 Å². The first kappa shape index (κ1) is 11.1. The zero-order chi connectivity index (χ0) is 12.7. The summed E-state index contributed by atoms with van der Waals surface area (Å²) in [6.45, 7) is 2.75. The maximum Gasteiger partial charge on any atom is 0.227 e. The number of imidazole rings is 1. The van der Waals surface area contributed by atoms with Crippen molar-refractivity contribution in [1.82, 2.24) is 9.38 Å². The lowest BCUT2D eigenvalue weighted by atomic mass is 10.3. The summed E-state index contributed by atoms with van der Waals surface area (Å²) in [6, 6.07) is 1.87. The maximum atomic E-state index is 11.8. The summed E-state index contributed by atoms with van der Waals surface area (Å²) in [5, 5.41) is 0. The number of nitrogens with zero attached hydrogens (tertiary/aromatic N) is 3. The molecule has 0 saturated carbocycles. The predicted molar refractivity (Wildman–Crippen MR) is 68.1 cm³/mol. The van der Waals surface area contributed by atoms with Gasteiger partial charge in [-0.2, -0.15) is 0 Å². The number of fused-ring (bicyclic) bond motifs is 1. The number of hydrogen-bond donors (Lipinski definition) is 0. The minimum atomic E-state index is 0.158. The molecule has 0 radical (unpaired) electrons. The number of methoxy groups -OCH3 is 1. The number of amides is 1. The molecule has 3 heterocycles. The fraction of sp³-hybridized carbons (Fsp3) is 0.385. The topological polar surface area (TPSA) is 46.8 Å². The van der Waals surface area contributed by atoms with Crippen LogP contribution in [0, 0.1) is 6.92 Å². The number of ether oxygens (including phenoxy) is 1. The molecule has 18 heavy (non-hydrogen) atoms. The van der Waals surface area contributed by atoms with Gasteiger partial charge in [-0.25, -0.2) is 4.98 Å². The summed E-state index contributed by atoms with van der Waals surface area (Å²) >= 11 is 0.